The van der Waals surface area contributed by atoms with Gasteiger partial charge < -0.3 is 5.32 Å². The minimum absolute atomic E-state index is 0.191. The molecule has 0 aliphatic carbocycles. The molecule has 2 aromatic heterocycles. The number of aryl methyl sites for hydroxylation is 1. The van der Waals surface area contributed by atoms with E-state index in [2.05, 4.69) is 34.5 Å². The summed E-state index contributed by atoms with van der Waals surface area (Å²) in [5.41, 5.74) is 2.36. The molecule has 5 rings (SSSR count). The summed E-state index contributed by atoms with van der Waals surface area (Å²) in [6.45, 7) is 2.76. The van der Waals surface area contributed by atoms with Crippen LogP contribution in [-0.2, 0) is 13.0 Å². The average molecular weight is 436 g/mol. The topological polar surface area (TPSA) is 72.7 Å². The molecule has 5 aromatic rings. The molecule has 0 unspecified atom stereocenters. The lowest BCUT2D eigenvalue weighted by molar-refractivity contribution is 0.102. The number of hydrogen-bond donors (Lipinski definition) is 1. The Morgan fingerprint density at radius 2 is 1.70 bits per heavy atom. The van der Waals surface area contributed by atoms with Crippen molar-refractivity contribution in [2.45, 2.75) is 32.7 Å². The Morgan fingerprint density at radius 3 is 2.55 bits per heavy atom. The van der Waals surface area contributed by atoms with Gasteiger partial charge in [-0.1, -0.05) is 80.1 Å². The van der Waals surface area contributed by atoms with Crippen molar-refractivity contribution in [2.75, 3.05) is 5.32 Å². The van der Waals surface area contributed by atoms with Crippen LogP contribution in [0.15, 0.2) is 79.0 Å². The van der Waals surface area contributed by atoms with E-state index in [1.54, 1.807) is 0 Å². The first-order valence-electron chi connectivity index (χ1n) is 11.3. The predicted octanol–water partition coefficient (Wildman–Crippen LogP) is 5.62. The van der Waals surface area contributed by atoms with Crippen LogP contribution < -0.4 is 5.32 Å². The van der Waals surface area contributed by atoms with Gasteiger partial charge in [0.2, 0.25) is 0 Å². The highest BCUT2D eigenvalue weighted by Gasteiger charge is 2.16. The predicted molar refractivity (Wildman–Crippen MR) is 131 cm³/mol. The number of carbonyl (C=O) groups is 1. The summed E-state index contributed by atoms with van der Waals surface area (Å²) < 4.78 is 1.85. The maximum Gasteiger partial charge on any atom is 0.257 e. The molecule has 164 valence electrons. The van der Waals surface area contributed by atoms with Gasteiger partial charge in [-0.15, -0.1) is 0 Å². The lowest BCUT2D eigenvalue weighted by Gasteiger charge is -2.09. The molecule has 0 aliphatic rings. The van der Waals surface area contributed by atoms with Gasteiger partial charge in [-0.05, 0) is 28.8 Å². The van der Waals surface area contributed by atoms with Gasteiger partial charge in [-0.2, -0.15) is 5.10 Å². The number of nitrogens with one attached hydrogen (secondary N) is 1. The summed E-state index contributed by atoms with van der Waals surface area (Å²) in [4.78, 5) is 22.7. The van der Waals surface area contributed by atoms with Crippen molar-refractivity contribution in [1.29, 1.82) is 0 Å². The third kappa shape index (κ3) is 4.46. The van der Waals surface area contributed by atoms with Gasteiger partial charge in [0.1, 0.15) is 11.6 Å². The van der Waals surface area contributed by atoms with Crippen LogP contribution in [0.3, 0.4) is 0 Å². The van der Waals surface area contributed by atoms with Gasteiger partial charge in [-0.25, -0.2) is 9.97 Å². The Balaban J connectivity index is 1.52. The Hall–Kier alpha value is -4.06. The molecule has 0 bridgehead atoms. The van der Waals surface area contributed by atoms with Gasteiger partial charge in [-0.3, -0.25) is 9.48 Å². The molecule has 0 radical (unpaired) electrons. The molecule has 33 heavy (non-hydrogen) atoms. The van der Waals surface area contributed by atoms with Crippen LogP contribution in [0, 0.1) is 0 Å². The number of hydrogen-bond acceptors (Lipinski definition) is 4. The van der Waals surface area contributed by atoms with Crippen molar-refractivity contribution in [2.24, 2.45) is 0 Å². The molecule has 0 aliphatic heterocycles. The van der Waals surface area contributed by atoms with E-state index in [-0.39, 0.29) is 5.91 Å². The summed E-state index contributed by atoms with van der Waals surface area (Å²) in [5.74, 6) is 1.01. The van der Waals surface area contributed by atoms with Gasteiger partial charge in [0.15, 0.2) is 5.65 Å². The summed E-state index contributed by atoms with van der Waals surface area (Å²) >= 11 is 0. The van der Waals surface area contributed by atoms with Crippen LogP contribution >= 0.6 is 0 Å². The molecule has 6 heteroatoms. The first-order chi connectivity index (χ1) is 16.2. The monoisotopic (exact) mass is 435 g/mol. The third-order valence-electron chi connectivity index (χ3n) is 5.68. The number of unbranched alkanes of at least 4 members (excludes halogenated alkanes) is 1. The van der Waals surface area contributed by atoms with Crippen LogP contribution in [0.4, 0.5) is 5.82 Å². The maximum absolute atomic E-state index is 13.3. The van der Waals surface area contributed by atoms with E-state index in [1.807, 2.05) is 71.5 Å². The molecular weight excluding hydrogens is 410 g/mol. The first-order valence-corrected chi connectivity index (χ1v) is 11.3. The molecule has 2 heterocycles. The van der Waals surface area contributed by atoms with E-state index < -0.39 is 0 Å². The number of anilines is 1. The quantitative estimate of drug-likeness (QED) is 0.360. The fourth-order valence-electron chi connectivity index (χ4n) is 3.99. The Bertz CT molecular complexity index is 1420. The molecule has 0 saturated carbocycles. The average Bonchev–Trinajstić information content (AvgIpc) is 3.25. The highest BCUT2D eigenvalue weighted by Crippen LogP contribution is 2.24. The Kier molecular flexibility index (Phi) is 5.81. The van der Waals surface area contributed by atoms with Crippen molar-refractivity contribution in [1.82, 2.24) is 19.7 Å². The van der Waals surface area contributed by atoms with Gasteiger partial charge in [0.05, 0.1) is 11.9 Å². The van der Waals surface area contributed by atoms with Crippen LogP contribution in [0.25, 0.3) is 21.8 Å². The molecular formula is C27H25N5O. The lowest BCUT2D eigenvalue weighted by Crippen LogP contribution is -2.14. The Labute approximate surface area is 192 Å². The van der Waals surface area contributed by atoms with Crippen molar-refractivity contribution >= 4 is 33.5 Å². The fraction of sp³-hybridized carbons (Fsp3) is 0.185. The SMILES string of the molecule is CCCCc1nc(NC(=O)c2cccc3ccccc23)c2cn(Cc3ccccc3)nc2n1. The zero-order chi connectivity index (χ0) is 22.6. The maximum atomic E-state index is 13.3. The number of fused-ring (bicyclic) bond motifs is 2. The first kappa shape index (κ1) is 20.8. The summed E-state index contributed by atoms with van der Waals surface area (Å²) in [7, 11) is 0. The smallest absolute Gasteiger partial charge is 0.257 e. The van der Waals surface area contributed by atoms with Gasteiger partial charge >= 0.3 is 0 Å². The van der Waals surface area contributed by atoms with E-state index in [9.17, 15) is 4.79 Å². The third-order valence-corrected chi connectivity index (χ3v) is 5.68. The number of amides is 1. The summed E-state index contributed by atoms with van der Waals surface area (Å²) in [6.07, 6.45) is 4.67. The van der Waals surface area contributed by atoms with E-state index in [0.717, 1.165) is 41.0 Å². The van der Waals surface area contributed by atoms with Crippen LogP contribution in [0.5, 0.6) is 0 Å². The highest BCUT2D eigenvalue weighted by molar-refractivity contribution is 6.14. The number of rotatable bonds is 7. The number of nitrogens with zero attached hydrogens (tertiary/aromatic N) is 4. The van der Waals surface area contributed by atoms with Crippen molar-refractivity contribution in [3.63, 3.8) is 0 Å². The molecule has 3 aromatic carbocycles. The van der Waals surface area contributed by atoms with Crippen LogP contribution in [0.2, 0.25) is 0 Å². The highest BCUT2D eigenvalue weighted by atomic mass is 16.1. The zero-order valence-electron chi connectivity index (χ0n) is 18.5. The lowest BCUT2D eigenvalue weighted by atomic mass is 10.0. The van der Waals surface area contributed by atoms with Crippen molar-refractivity contribution < 1.29 is 4.79 Å². The summed E-state index contributed by atoms with van der Waals surface area (Å²) in [6, 6.07) is 23.8. The molecule has 6 nitrogen and oxygen atoms in total. The van der Waals surface area contributed by atoms with E-state index in [4.69, 9.17) is 4.98 Å². The second kappa shape index (κ2) is 9.20. The van der Waals surface area contributed by atoms with Crippen LogP contribution in [0.1, 0.15) is 41.5 Å². The number of benzene rings is 3. The van der Waals surface area contributed by atoms with E-state index in [0.29, 0.717) is 29.4 Å². The van der Waals surface area contributed by atoms with E-state index in [1.165, 1.54) is 0 Å². The van der Waals surface area contributed by atoms with Gasteiger partial charge in [0, 0.05) is 18.2 Å². The molecule has 0 fully saturated rings. The molecule has 0 saturated heterocycles. The van der Waals surface area contributed by atoms with E-state index >= 15 is 0 Å². The standard InChI is InChI=1S/C27H25N5O/c1-2-3-16-24-28-25(30-27(33)22-15-9-13-20-12-7-8-14-21(20)22)23-18-32(31-26(23)29-24)17-19-10-5-4-6-11-19/h4-15,18H,2-3,16-17H2,1H3,(H,28,29,30,31,33). The minimum Gasteiger partial charge on any atom is -0.306 e. The van der Waals surface area contributed by atoms with Crippen molar-refractivity contribution in [3.05, 3.63) is 95.9 Å². The number of carbonyl (C=O) groups excluding carboxylic acids is 1. The summed E-state index contributed by atoms with van der Waals surface area (Å²) in [5, 5.41) is 10.4. The zero-order valence-corrected chi connectivity index (χ0v) is 18.5. The molecule has 1 N–H and O–H groups in total. The normalized spacial score (nSPS) is 11.2. The fourth-order valence-corrected chi connectivity index (χ4v) is 3.99. The largest absolute Gasteiger partial charge is 0.306 e. The molecule has 0 atom stereocenters. The second-order valence-corrected chi connectivity index (χ2v) is 8.12. The molecule has 1 amide bonds. The molecule has 0 spiro atoms. The number of aromatic nitrogens is 4. The van der Waals surface area contributed by atoms with Gasteiger partial charge in [0.25, 0.3) is 5.91 Å². The Morgan fingerprint density at radius 1 is 0.909 bits per heavy atom. The van der Waals surface area contributed by atoms with Crippen LogP contribution in [-0.4, -0.2) is 25.7 Å². The second-order valence-electron chi connectivity index (χ2n) is 8.12. The van der Waals surface area contributed by atoms with Crippen molar-refractivity contribution in [3.8, 4) is 0 Å². The minimum atomic E-state index is -0.191.